The maximum atomic E-state index is 9.07. The highest BCUT2D eigenvalue weighted by molar-refractivity contribution is 7.99. The smallest absolute Gasteiger partial charge is 0.195 e. The predicted molar refractivity (Wildman–Crippen MR) is 65.6 cm³/mol. The molecule has 2 aromatic rings. The zero-order valence-corrected chi connectivity index (χ0v) is 10.1. The molecule has 2 atom stereocenters. The van der Waals surface area contributed by atoms with Gasteiger partial charge in [-0.15, -0.1) is 10.2 Å². The van der Waals surface area contributed by atoms with E-state index in [0.29, 0.717) is 5.25 Å². The lowest BCUT2D eigenvalue weighted by molar-refractivity contribution is 0.711. The van der Waals surface area contributed by atoms with Gasteiger partial charge in [0.05, 0.1) is 12.0 Å². The summed E-state index contributed by atoms with van der Waals surface area (Å²) in [6.07, 6.45) is 5.23. The molecule has 2 aromatic heterocycles. The molecule has 4 nitrogen and oxygen atoms in total. The van der Waals surface area contributed by atoms with Crippen LogP contribution >= 0.6 is 11.8 Å². The molecule has 1 saturated carbocycles. The van der Waals surface area contributed by atoms with Crippen LogP contribution in [0.2, 0.25) is 0 Å². The summed E-state index contributed by atoms with van der Waals surface area (Å²) in [6, 6.07) is 8.25. The fourth-order valence-electron chi connectivity index (χ4n) is 2.25. The Labute approximate surface area is 104 Å². The summed E-state index contributed by atoms with van der Waals surface area (Å²) in [5.41, 5.74) is 0.863. The molecule has 0 N–H and O–H groups in total. The molecule has 0 bridgehead atoms. The second-order valence-electron chi connectivity index (χ2n) is 4.23. The van der Waals surface area contributed by atoms with Crippen molar-refractivity contribution in [3.63, 3.8) is 0 Å². The van der Waals surface area contributed by atoms with Crippen LogP contribution in [0.25, 0.3) is 5.65 Å². The van der Waals surface area contributed by atoms with Gasteiger partial charge in [0.25, 0.3) is 0 Å². The summed E-state index contributed by atoms with van der Waals surface area (Å²) in [6.45, 7) is 0. The van der Waals surface area contributed by atoms with E-state index < -0.39 is 0 Å². The van der Waals surface area contributed by atoms with E-state index in [1.54, 1.807) is 11.8 Å². The monoisotopic (exact) mass is 244 g/mol. The van der Waals surface area contributed by atoms with Gasteiger partial charge in [0.1, 0.15) is 0 Å². The lowest BCUT2D eigenvalue weighted by Gasteiger charge is -2.10. The number of nitrogens with zero attached hydrogens (tertiary/aromatic N) is 4. The third-order valence-electron chi connectivity index (χ3n) is 3.16. The van der Waals surface area contributed by atoms with Crippen molar-refractivity contribution in [2.75, 3.05) is 0 Å². The van der Waals surface area contributed by atoms with E-state index >= 15 is 0 Å². The minimum Gasteiger partial charge on any atom is -0.277 e. The van der Waals surface area contributed by atoms with Crippen molar-refractivity contribution in [1.82, 2.24) is 14.6 Å². The van der Waals surface area contributed by atoms with Gasteiger partial charge in [0, 0.05) is 11.4 Å². The zero-order chi connectivity index (χ0) is 11.7. The third-order valence-corrected chi connectivity index (χ3v) is 4.51. The Hall–Kier alpha value is -1.54. The lowest BCUT2D eigenvalue weighted by atomic mass is 10.1. The third kappa shape index (κ3) is 1.89. The molecule has 2 unspecified atom stereocenters. The molecular weight excluding hydrogens is 232 g/mol. The van der Waals surface area contributed by atoms with Gasteiger partial charge in [-0.05, 0) is 25.0 Å². The SMILES string of the molecule is N#CC1CCCC1Sc1nnc2ccccn12. The summed E-state index contributed by atoms with van der Waals surface area (Å²) in [4.78, 5) is 0. The zero-order valence-electron chi connectivity index (χ0n) is 9.28. The molecule has 3 rings (SSSR count). The van der Waals surface area contributed by atoms with Gasteiger partial charge in [-0.1, -0.05) is 24.2 Å². The average molecular weight is 244 g/mol. The van der Waals surface area contributed by atoms with Crippen molar-refractivity contribution in [1.29, 1.82) is 5.26 Å². The molecule has 1 fully saturated rings. The van der Waals surface area contributed by atoms with E-state index in [4.69, 9.17) is 5.26 Å². The number of thioether (sulfide) groups is 1. The van der Waals surface area contributed by atoms with Gasteiger partial charge in [-0.3, -0.25) is 4.40 Å². The second-order valence-corrected chi connectivity index (χ2v) is 5.44. The average Bonchev–Trinajstić information content (AvgIpc) is 2.97. The Kier molecular flexibility index (Phi) is 2.73. The molecule has 0 aliphatic heterocycles. The standard InChI is InChI=1S/C12H12N4S/c13-8-9-4-3-5-10(9)17-12-15-14-11-6-1-2-7-16(11)12/h1-2,6-7,9-10H,3-5H2. The first-order valence-electron chi connectivity index (χ1n) is 5.74. The van der Waals surface area contributed by atoms with E-state index in [9.17, 15) is 0 Å². The molecule has 5 heteroatoms. The maximum absolute atomic E-state index is 9.07. The Morgan fingerprint density at radius 2 is 2.29 bits per heavy atom. The normalized spacial score (nSPS) is 23.9. The van der Waals surface area contributed by atoms with E-state index in [1.807, 2.05) is 28.8 Å². The van der Waals surface area contributed by atoms with Gasteiger partial charge in [0.2, 0.25) is 0 Å². The highest BCUT2D eigenvalue weighted by Crippen LogP contribution is 2.37. The van der Waals surface area contributed by atoms with Crippen molar-refractivity contribution < 1.29 is 0 Å². The number of rotatable bonds is 2. The fraction of sp³-hybridized carbons (Fsp3) is 0.417. The summed E-state index contributed by atoms with van der Waals surface area (Å²) < 4.78 is 1.98. The van der Waals surface area contributed by atoms with E-state index in [2.05, 4.69) is 16.3 Å². The van der Waals surface area contributed by atoms with Crippen LogP contribution in [-0.4, -0.2) is 19.8 Å². The number of fused-ring (bicyclic) bond motifs is 1. The number of pyridine rings is 1. The molecule has 1 aliphatic carbocycles. The van der Waals surface area contributed by atoms with Crippen molar-refractivity contribution in [2.45, 2.75) is 29.7 Å². The lowest BCUT2D eigenvalue weighted by Crippen LogP contribution is -2.08. The highest BCUT2D eigenvalue weighted by Gasteiger charge is 2.29. The van der Waals surface area contributed by atoms with Crippen LogP contribution in [0, 0.1) is 17.2 Å². The molecule has 17 heavy (non-hydrogen) atoms. The van der Waals surface area contributed by atoms with Crippen molar-refractivity contribution in [2.24, 2.45) is 5.92 Å². The van der Waals surface area contributed by atoms with Crippen LogP contribution in [0.4, 0.5) is 0 Å². The van der Waals surface area contributed by atoms with Crippen LogP contribution < -0.4 is 0 Å². The fourth-order valence-corrected chi connectivity index (χ4v) is 3.52. The molecule has 0 saturated heterocycles. The number of hydrogen-bond acceptors (Lipinski definition) is 4. The first kappa shape index (κ1) is 10.6. The molecule has 0 amide bonds. The molecule has 1 aliphatic rings. The van der Waals surface area contributed by atoms with Crippen LogP contribution in [0.15, 0.2) is 29.6 Å². The summed E-state index contributed by atoms with van der Waals surface area (Å²) >= 11 is 1.69. The summed E-state index contributed by atoms with van der Waals surface area (Å²) in [7, 11) is 0. The predicted octanol–water partition coefficient (Wildman–Crippen LogP) is 2.51. The Bertz CT molecular complexity index is 571. The van der Waals surface area contributed by atoms with Crippen molar-refractivity contribution in [3.8, 4) is 6.07 Å². The molecule has 0 spiro atoms. The molecule has 0 aromatic carbocycles. The van der Waals surface area contributed by atoms with Crippen LogP contribution in [0.1, 0.15) is 19.3 Å². The van der Waals surface area contributed by atoms with Crippen LogP contribution in [0.5, 0.6) is 0 Å². The van der Waals surface area contributed by atoms with Gasteiger partial charge in [0.15, 0.2) is 10.8 Å². The van der Waals surface area contributed by atoms with E-state index in [0.717, 1.165) is 30.1 Å². The minimum absolute atomic E-state index is 0.163. The molecule has 0 radical (unpaired) electrons. The van der Waals surface area contributed by atoms with E-state index in [1.165, 1.54) is 0 Å². The number of nitriles is 1. The van der Waals surface area contributed by atoms with Gasteiger partial charge in [-0.2, -0.15) is 5.26 Å². The largest absolute Gasteiger partial charge is 0.277 e. The summed E-state index contributed by atoms with van der Waals surface area (Å²) in [5.74, 6) is 0.163. The van der Waals surface area contributed by atoms with Crippen molar-refractivity contribution in [3.05, 3.63) is 24.4 Å². The molecule has 2 heterocycles. The topological polar surface area (TPSA) is 54.0 Å². The molecule has 86 valence electrons. The maximum Gasteiger partial charge on any atom is 0.195 e. The molecular formula is C12H12N4S. The number of hydrogen-bond donors (Lipinski definition) is 0. The second kappa shape index (κ2) is 4.38. The van der Waals surface area contributed by atoms with Crippen LogP contribution in [0.3, 0.4) is 0 Å². The first-order chi connectivity index (χ1) is 8.38. The Morgan fingerprint density at radius 3 is 3.18 bits per heavy atom. The number of aromatic nitrogens is 3. The Morgan fingerprint density at radius 1 is 1.35 bits per heavy atom. The van der Waals surface area contributed by atoms with Gasteiger partial charge >= 0.3 is 0 Å². The van der Waals surface area contributed by atoms with Crippen LogP contribution in [-0.2, 0) is 0 Å². The Balaban J connectivity index is 1.88. The van der Waals surface area contributed by atoms with Gasteiger partial charge in [-0.25, -0.2) is 0 Å². The minimum atomic E-state index is 0.163. The highest BCUT2D eigenvalue weighted by atomic mass is 32.2. The quantitative estimate of drug-likeness (QED) is 0.814. The van der Waals surface area contributed by atoms with Crippen molar-refractivity contribution >= 4 is 17.4 Å². The summed E-state index contributed by atoms with van der Waals surface area (Å²) in [5, 5.41) is 18.7. The first-order valence-corrected chi connectivity index (χ1v) is 6.62. The van der Waals surface area contributed by atoms with E-state index in [-0.39, 0.29) is 5.92 Å². The van der Waals surface area contributed by atoms with Gasteiger partial charge < -0.3 is 0 Å².